The normalized spacial score (nSPS) is 11.9. The fourth-order valence-corrected chi connectivity index (χ4v) is 4.06. The van der Waals surface area contributed by atoms with Crippen LogP contribution in [0, 0.1) is 5.92 Å². The van der Waals surface area contributed by atoms with Crippen molar-refractivity contribution >= 4 is 5.97 Å². The third-order valence-electron chi connectivity index (χ3n) is 6.66. The van der Waals surface area contributed by atoms with Gasteiger partial charge in [0.2, 0.25) is 0 Å². The second kappa shape index (κ2) is 14.4. The average Bonchev–Trinajstić information content (AvgIpc) is 2.91. The third kappa shape index (κ3) is 8.61. The Hall–Kier alpha value is -3.01. The second-order valence-corrected chi connectivity index (χ2v) is 9.53. The van der Waals surface area contributed by atoms with Crippen LogP contribution in [0.2, 0.25) is 0 Å². The first-order chi connectivity index (χ1) is 17.1. The Morgan fingerprint density at radius 2 is 1.43 bits per heavy atom. The van der Waals surface area contributed by atoms with Crippen LogP contribution in [0.1, 0.15) is 88.1 Å². The van der Waals surface area contributed by atoms with Crippen LogP contribution in [0.5, 0.6) is 0 Å². The van der Waals surface area contributed by atoms with E-state index in [-0.39, 0.29) is 5.97 Å². The van der Waals surface area contributed by atoms with E-state index < -0.39 is 0 Å². The molecular weight excluding hydrogens is 432 g/mol. The Morgan fingerprint density at radius 3 is 2.06 bits per heavy atom. The molecule has 1 heterocycles. The standard InChI is InChI=1S/C31H40N2O2/c1-4-6-8-12-25-13-15-26(16-14-25)27-17-19-28(20-18-27)30-32-22-29(23-33-30)31(34)35-21-10-7-9-11-24(3)5-2/h13-20,22-24H,4-12,21H2,1-3H3/t24-/m0/s1. The zero-order chi connectivity index (χ0) is 24.9. The van der Waals surface area contributed by atoms with E-state index in [1.54, 1.807) is 12.4 Å². The molecule has 0 N–H and O–H groups in total. The Balaban J connectivity index is 1.49. The van der Waals surface area contributed by atoms with Gasteiger partial charge in [0.25, 0.3) is 0 Å². The quantitative estimate of drug-likeness (QED) is 0.175. The molecule has 35 heavy (non-hydrogen) atoms. The van der Waals surface area contributed by atoms with Crippen LogP contribution in [0.25, 0.3) is 22.5 Å². The number of hydrogen-bond donors (Lipinski definition) is 0. The highest BCUT2D eigenvalue weighted by Gasteiger charge is 2.10. The van der Waals surface area contributed by atoms with Gasteiger partial charge in [-0.1, -0.05) is 108 Å². The summed E-state index contributed by atoms with van der Waals surface area (Å²) in [6.45, 7) is 7.19. The summed E-state index contributed by atoms with van der Waals surface area (Å²) in [4.78, 5) is 21.1. The molecule has 0 aliphatic heterocycles. The van der Waals surface area contributed by atoms with Crippen molar-refractivity contribution < 1.29 is 9.53 Å². The summed E-state index contributed by atoms with van der Waals surface area (Å²) >= 11 is 0. The van der Waals surface area contributed by atoms with Crippen molar-refractivity contribution in [3.8, 4) is 22.5 Å². The second-order valence-electron chi connectivity index (χ2n) is 9.53. The molecule has 0 spiro atoms. The summed E-state index contributed by atoms with van der Waals surface area (Å²) in [5, 5.41) is 0. The number of carbonyl (C=O) groups is 1. The van der Waals surface area contributed by atoms with Crippen LogP contribution < -0.4 is 0 Å². The summed E-state index contributed by atoms with van der Waals surface area (Å²) in [5.74, 6) is 1.02. The van der Waals surface area contributed by atoms with Crippen molar-refractivity contribution in [2.75, 3.05) is 6.61 Å². The lowest BCUT2D eigenvalue weighted by Crippen LogP contribution is -2.08. The van der Waals surface area contributed by atoms with Gasteiger partial charge >= 0.3 is 5.97 Å². The van der Waals surface area contributed by atoms with Crippen LogP contribution in [-0.2, 0) is 11.2 Å². The molecule has 0 unspecified atom stereocenters. The van der Waals surface area contributed by atoms with Gasteiger partial charge in [-0.25, -0.2) is 14.8 Å². The highest BCUT2D eigenvalue weighted by Crippen LogP contribution is 2.24. The molecule has 0 aliphatic carbocycles. The number of nitrogens with zero attached hydrogens (tertiary/aromatic N) is 2. The minimum atomic E-state index is -0.355. The topological polar surface area (TPSA) is 52.1 Å². The number of carbonyl (C=O) groups excluding carboxylic acids is 1. The molecule has 3 rings (SSSR count). The highest BCUT2D eigenvalue weighted by atomic mass is 16.5. The minimum absolute atomic E-state index is 0.355. The molecule has 0 radical (unpaired) electrons. The van der Waals surface area contributed by atoms with Gasteiger partial charge in [0.05, 0.1) is 12.2 Å². The first-order valence-corrected chi connectivity index (χ1v) is 13.3. The molecule has 1 atom stereocenters. The summed E-state index contributed by atoms with van der Waals surface area (Å²) < 4.78 is 5.39. The lowest BCUT2D eigenvalue weighted by molar-refractivity contribution is 0.0496. The monoisotopic (exact) mass is 472 g/mol. The van der Waals surface area contributed by atoms with Crippen molar-refractivity contribution in [2.24, 2.45) is 5.92 Å². The first-order valence-electron chi connectivity index (χ1n) is 13.3. The first kappa shape index (κ1) is 26.6. The zero-order valence-electron chi connectivity index (χ0n) is 21.6. The van der Waals surface area contributed by atoms with Gasteiger partial charge in [-0.15, -0.1) is 0 Å². The lowest BCUT2D eigenvalue weighted by Gasteiger charge is -2.08. The Labute approximate surface area is 211 Å². The number of aromatic nitrogens is 2. The van der Waals surface area contributed by atoms with Gasteiger partial charge in [0.1, 0.15) is 0 Å². The predicted molar refractivity (Wildman–Crippen MR) is 144 cm³/mol. The molecule has 186 valence electrons. The number of rotatable bonds is 14. The molecule has 0 saturated heterocycles. The summed E-state index contributed by atoms with van der Waals surface area (Å²) in [7, 11) is 0. The van der Waals surface area contributed by atoms with Crippen LogP contribution in [0.4, 0.5) is 0 Å². The van der Waals surface area contributed by atoms with Gasteiger partial charge in [-0.2, -0.15) is 0 Å². The van der Waals surface area contributed by atoms with Gasteiger partial charge in [0, 0.05) is 18.0 Å². The Morgan fingerprint density at radius 1 is 0.800 bits per heavy atom. The van der Waals surface area contributed by atoms with Crippen LogP contribution >= 0.6 is 0 Å². The maximum absolute atomic E-state index is 12.3. The van der Waals surface area contributed by atoms with E-state index in [2.05, 4.69) is 67.1 Å². The SMILES string of the molecule is CCCCCc1ccc(-c2ccc(-c3ncc(C(=O)OCCCCC[C@@H](C)CC)cn3)cc2)cc1. The molecule has 4 nitrogen and oxygen atoms in total. The molecule has 0 amide bonds. The Bertz CT molecular complexity index is 1010. The number of benzene rings is 2. The highest BCUT2D eigenvalue weighted by molar-refractivity contribution is 5.88. The van der Waals surface area contributed by atoms with Crippen LogP contribution in [0.3, 0.4) is 0 Å². The van der Waals surface area contributed by atoms with Gasteiger partial charge in [-0.3, -0.25) is 0 Å². The van der Waals surface area contributed by atoms with E-state index in [1.165, 1.54) is 55.2 Å². The number of unbranched alkanes of at least 4 members (excludes halogenated alkanes) is 4. The molecule has 0 saturated carbocycles. The molecule has 2 aromatic carbocycles. The Kier molecular flexibility index (Phi) is 10.9. The van der Waals surface area contributed by atoms with E-state index in [1.807, 2.05) is 12.1 Å². The lowest BCUT2D eigenvalue weighted by atomic mass is 10.0. The molecule has 0 fully saturated rings. The maximum Gasteiger partial charge on any atom is 0.341 e. The van der Waals surface area contributed by atoms with Crippen LogP contribution in [0.15, 0.2) is 60.9 Å². The van der Waals surface area contributed by atoms with Crippen molar-refractivity contribution in [3.63, 3.8) is 0 Å². The molecule has 0 aliphatic rings. The van der Waals surface area contributed by atoms with E-state index >= 15 is 0 Å². The molecule has 3 aromatic rings. The number of ether oxygens (including phenoxy) is 1. The fraction of sp³-hybridized carbons (Fsp3) is 0.452. The van der Waals surface area contributed by atoms with Gasteiger partial charge in [0.15, 0.2) is 5.82 Å². The van der Waals surface area contributed by atoms with Crippen LogP contribution in [-0.4, -0.2) is 22.5 Å². The predicted octanol–water partition coefficient (Wildman–Crippen LogP) is 8.31. The minimum Gasteiger partial charge on any atom is -0.462 e. The summed E-state index contributed by atoms with van der Waals surface area (Å²) in [5.41, 5.74) is 5.08. The van der Waals surface area contributed by atoms with E-state index in [4.69, 9.17) is 4.74 Å². The molecule has 0 bridgehead atoms. The number of hydrogen-bond acceptors (Lipinski definition) is 4. The van der Waals surface area contributed by atoms with Crippen molar-refractivity contribution in [2.45, 2.75) is 78.6 Å². The molecule has 4 heteroatoms. The van der Waals surface area contributed by atoms with E-state index in [9.17, 15) is 4.79 Å². The van der Waals surface area contributed by atoms with Crippen molar-refractivity contribution in [1.82, 2.24) is 9.97 Å². The average molecular weight is 473 g/mol. The number of aryl methyl sites for hydroxylation is 1. The van der Waals surface area contributed by atoms with Gasteiger partial charge in [-0.05, 0) is 41.9 Å². The van der Waals surface area contributed by atoms with Gasteiger partial charge < -0.3 is 4.74 Å². The summed E-state index contributed by atoms with van der Waals surface area (Å²) in [6.07, 6.45) is 13.7. The number of esters is 1. The molecule has 1 aromatic heterocycles. The third-order valence-corrected chi connectivity index (χ3v) is 6.66. The maximum atomic E-state index is 12.3. The van der Waals surface area contributed by atoms with Crippen molar-refractivity contribution in [3.05, 3.63) is 72.1 Å². The molecular formula is C31H40N2O2. The fourth-order valence-electron chi connectivity index (χ4n) is 4.06. The zero-order valence-corrected chi connectivity index (χ0v) is 21.6. The van der Waals surface area contributed by atoms with E-state index in [0.717, 1.165) is 30.7 Å². The largest absolute Gasteiger partial charge is 0.462 e. The van der Waals surface area contributed by atoms with Crippen molar-refractivity contribution in [1.29, 1.82) is 0 Å². The summed E-state index contributed by atoms with van der Waals surface area (Å²) in [6, 6.07) is 17.1. The smallest absolute Gasteiger partial charge is 0.341 e. The van der Waals surface area contributed by atoms with E-state index in [0.29, 0.717) is 18.0 Å².